The van der Waals surface area contributed by atoms with Crippen molar-refractivity contribution < 1.29 is 0 Å². The first-order valence-electron chi connectivity index (χ1n) is 2.98. The molecule has 0 aromatic heterocycles. The monoisotopic (exact) mass is 123 g/mol. The summed E-state index contributed by atoms with van der Waals surface area (Å²) in [6, 6.07) is 0. The molecule has 0 saturated carbocycles. The molecule has 0 aromatic carbocycles. The van der Waals surface area contributed by atoms with Gasteiger partial charge in [-0.1, -0.05) is 18.7 Å². The summed E-state index contributed by atoms with van der Waals surface area (Å²) in [6.07, 6.45) is 7.64. The van der Waals surface area contributed by atoms with Crippen LogP contribution >= 0.6 is 0 Å². The molecule has 0 aliphatic carbocycles. The van der Waals surface area contributed by atoms with Gasteiger partial charge in [-0.2, -0.15) is 0 Å². The maximum absolute atomic E-state index is 3.58. The maximum Gasteiger partial charge on any atom is 0.0334 e. The Morgan fingerprint density at radius 1 is 1.56 bits per heavy atom. The van der Waals surface area contributed by atoms with E-state index in [0.29, 0.717) is 0 Å². The van der Waals surface area contributed by atoms with E-state index in [9.17, 15) is 0 Å². The second kappa shape index (κ2) is 5.16. The van der Waals surface area contributed by atoms with Crippen molar-refractivity contribution >= 4 is 0 Å². The van der Waals surface area contributed by atoms with E-state index < -0.39 is 0 Å². The molecule has 1 nitrogen and oxygen atoms in total. The van der Waals surface area contributed by atoms with E-state index in [1.54, 1.807) is 6.08 Å². The highest BCUT2D eigenvalue weighted by Gasteiger charge is 1.78. The Kier molecular flexibility index (Phi) is 4.60. The van der Waals surface area contributed by atoms with Gasteiger partial charge >= 0.3 is 0 Å². The summed E-state index contributed by atoms with van der Waals surface area (Å²) in [4.78, 5) is 0. The molecular weight excluding hydrogens is 110 g/mol. The SMILES string of the molecule is C=C/C=C(\C=C/C)NC. The molecule has 0 aliphatic heterocycles. The van der Waals surface area contributed by atoms with Gasteiger partial charge in [0.05, 0.1) is 0 Å². The van der Waals surface area contributed by atoms with Crippen LogP contribution in [-0.2, 0) is 0 Å². The minimum atomic E-state index is 1.08. The van der Waals surface area contributed by atoms with Crippen LogP contribution in [0.1, 0.15) is 6.92 Å². The van der Waals surface area contributed by atoms with E-state index >= 15 is 0 Å². The fourth-order valence-electron chi connectivity index (χ4n) is 0.529. The zero-order valence-electron chi connectivity index (χ0n) is 6.02. The molecule has 0 aliphatic rings. The van der Waals surface area contributed by atoms with Crippen LogP contribution in [0.25, 0.3) is 0 Å². The summed E-state index contributed by atoms with van der Waals surface area (Å²) in [7, 11) is 1.88. The van der Waals surface area contributed by atoms with Crippen LogP contribution in [0.15, 0.2) is 36.6 Å². The molecular formula is C8H13N. The van der Waals surface area contributed by atoms with E-state index in [1.807, 2.05) is 32.2 Å². The van der Waals surface area contributed by atoms with Crippen LogP contribution in [0.5, 0.6) is 0 Å². The minimum Gasteiger partial charge on any atom is -0.388 e. The van der Waals surface area contributed by atoms with Crippen molar-refractivity contribution in [2.24, 2.45) is 0 Å². The Bertz CT molecular complexity index is 132. The molecule has 9 heavy (non-hydrogen) atoms. The zero-order valence-corrected chi connectivity index (χ0v) is 6.02. The summed E-state index contributed by atoms with van der Waals surface area (Å²) in [5, 5.41) is 3.01. The molecule has 0 heterocycles. The third-order valence-corrected chi connectivity index (χ3v) is 0.932. The van der Waals surface area contributed by atoms with Crippen LogP contribution in [0.2, 0.25) is 0 Å². The third-order valence-electron chi connectivity index (χ3n) is 0.932. The summed E-state index contributed by atoms with van der Waals surface area (Å²) in [6.45, 7) is 5.56. The lowest BCUT2D eigenvalue weighted by Crippen LogP contribution is -2.01. The number of hydrogen-bond donors (Lipinski definition) is 1. The van der Waals surface area contributed by atoms with Gasteiger partial charge < -0.3 is 5.32 Å². The number of likely N-dealkylation sites (N-methyl/N-ethyl adjacent to an activating group) is 1. The van der Waals surface area contributed by atoms with Gasteiger partial charge in [-0.05, 0) is 19.1 Å². The molecule has 50 valence electrons. The van der Waals surface area contributed by atoms with Gasteiger partial charge in [0.1, 0.15) is 0 Å². The van der Waals surface area contributed by atoms with Crippen molar-refractivity contribution in [1.29, 1.82) is 0 Å². The molecule has 0 atom stereocenters. The zero-order chi connectivity index (χ0) is 7.11. The van der Waals surface area contributed by atoms with Crippen molar-refractivity contribution in [3.63, 3.8) is 0 Å². The fourth-order valence-corrected chi connectivity index (χ4v) is 0.529. The van der Waals surface area contributed by atoms with Gasteiger partial charge in [0.2, 0.25) is 0 Å². The van der Waals surface area contributed by atoms with Crippen LogP contribution in [0, 0.1) is 0 Å². The average Bonchev–Trinajstić information content (AvgIpc) is 1.88. The molecule has 0 aromatic rings. The normalized spacial score (nSPS) is 12.0. The predicted molar refractivity (Wildman–Crippen MR) is 42.2 cm³/mol. The molecule has 0 radical (unpaired) electrons. The predicted octanol–water partition coefficient (Wildman–Crippen LogP) is 1.85. The molecule has 0 spiro atoms. The van der Waals surface area contributed by atoms with Crippen molar-refractivity contribution in [2.45, 2.75) is 6.92 Å². The fraction of sp³-hybridized carbons (Fsp3) is 0.250. The second-order valence-corrected chi connectivity index (χ2v) is 1.61. The first-order chi connectivity index (χ1) is 4.35. The quantitative estimate of drug-likeness (QED) is 0.565. The second-order valence-electron chi connectivity index (χ2n) is 1.61. The third kappa shape index (κ3) is 3.59. The number of rotatable bonds is 3. The molecule has 0 bridgehead atoms. The molecule has 0 amide bonds. The van der Waals surface area contributed by atoms with Crippen LogP contribution < -0.4 is 5.32 Å². The van der Waals surface area contributed by atoms with E-state index in [2.05, 4.69) is 11.9 Å². The number of hydrogen-bond acceptors (Lipinski definition) is 1. The van der Waals surface area contributed by atoms with Gasteiger partial charge in [0.25, 0.3) is 0 Å². The Labute approximate surface area is 56.8 Å². The molecule has 1 heteroatoms. The summed E-state index contributed by atoms with van der Waals surface area (Å²) >= 11 is 0. The highest BCUT2D eigenvalue weighted by molar-refractivity contribution is 5.20. The van der Waals surface area contributed by atoms with Gasteiger partial charge in [0.15, 0.2) is 0 Å². The Balaban J connectivity index is 3.96. The molecule has 0 rings (SSSR count). The van der Waals surface area contributed by atoms with E-state index in [4.69, 9.17) is 0 Å². The van der Waals surface area contributed by atoms with Crippen molar-refractivity contribution in [1.82, 2.24) is 5.32 Å². The summed E-state index contributed by atoms with van der Waals surface area (Å²) in [5.74, 6) is 0. The Morgan fingerprint density at radius 3 is 2.56 bits per heavy atom. The smallest absolute Gasteiger partial charge is 0.0334 e. The van der Waals surface area contributed by atoms with Gasteiger partial charge in [-0.25, -0.2) is 0 Å². The topological polar surface area (TPSA) is 12.0 Å². The standard InChI is InChI=1S/C8H13N/c1-4-6-8(9-3)7-5-2/h4-7,9H,1H2,2-3H3/b7-5-,8-6+. The Hall–Kier alpha value is -0.980. The molecule has 1 N–H and O–H groups in total. The van der Waals surface area contributed by atoms with Crippen molar-refractivity contribution in [2.75, 3.05) is 7.05 Å². The lowest BCUT2D eigenvalue weighted by atomic mass is 10.3. The lowest BCUT2D eigenvalue weighted by Gasteiger charge is -1.95. The summed E-state index contributed by atoms with van der Waals surface area (Å²) in [5.41, 5.74) is 1.08. The molecule has 0 saturated heterocycles. The first-order valence-corrected chi connectivity index (χ1v) is 2.98. The Morgan fingerprint density at radius 2 is 2.22 bits per heavy atom. The molecule has 0 unspecified atom stereocenters. The first kappa shape index (κ1) is 8.02. The summed E-state index contributed by atoms with van der Waals surface area (Å²) < 4.78 is 0. The van der Waals surface area contributed by atoms with E-state index in [1.165, 1.54) is 0 Å². The highest BCUT2D eigenvalue weighted by atomic mass is 14.8. The largest absolute Gasteiger partial charge is 0.388 e. The van der Waals surface area contributed by atoms with Crippen LogP contribution in [0.3, 0.4) is 0 Å². The maximum atomic E-state index is 3.58. The van der Waals surface area contributed by atoms with Gasteiger partial charge in [-0.3, -0.25) is 0 Å². The van der Waals surface area contributed by atoms with Crippen LogP contribution in [0.4, 0.5) is 0 Å². The van der Waals surface area contributed by atoms with Crippen LogP contribution in [-0.4, -0.2) is 7.05 Å². The minimum absolute atomic E-state index is 1.08. The van der Waals surface area contributed by atoms with Crippen molar-refractivity contribution in [3.8, 4) is 0 Å². The highest BCUT2D eigenvalue weighted by Crippen LogP contribution is 1.89. The number of allylic oxidation sites excluding steroid dienone is 4. The lowest BCUT2D eigenvalue weighted by molar-refractivity contribution is 1.03. The van der Waals surface area contributed by atoms with Crippen molar-refractivity contribution in [3.05, 3.63) is 36.6 Å². The van der Waals surface area contributed by atoms with Gasteiger partial charge in [0, 0.05) is 12.7 Å². The molecule has 0 fully saturated rings. The van der Waals surface area contributed by atoms with E-state index in [0.717, 1.165) is 5.70 Å². The van der Waals surface area contributed by atoms with E-state index in [-0.39, 0.29) is 0 Å². The number of nitrogens with one attached hydrogen (secondary N) is 1. The average molecular weight is 123 g/mol. The van der Waals surface area contributed by atoms with Gasteiger partial charge in [-0.15, -0.1) is 0 Å².